The van der Waals surface area contributed by atoms with Crippen LogP contribution in [0.5, 0.6) is 5.75 Å². The van der Waals surface area contributed by atoms with Gasteiger partial charge in [0, 0.05) is 37.2 Å². The third-order valence-electron chi connectivity index (χ3n) is 6.26. The number of nitrogens with one attached hydrogen (secondary N) is 1. The molecule has 0 aliphatic carbocycles. The van der Waals surface area contributed by atoms with Crippen molar-refractivity contribution in [2.75, 3.05) is 19.4 Å². The maximum absolute atomic E-state index is 13.4. The molecule has 3 aromatic carbocycles. The average molecular weight is 574 g/mol. The highest BCUT2D eigenvalue weighted by molar-refractivity contribution is 6.28. The van der Waals surface area contributed by atoms with Gasteiger partial charge in [-0.05, 0) is 59.5 Å². The van der Waals surface area contributed by atoms with Gasteiger partial charge in [0.15, 0.2) is 0 Å². The molecule has 0 radical (unpaired) electrons. The fraction of sp³-hybridized carbons (Fsp3) is 0.222. The molecule has 0 unspecified atom stereocenters. The molecule has 40 heavy (non-hydrogen) atoms. The van der Waals surface area contributed by atoms with Crippen molar-refractivity contribution in [3.8, 4) is 16.9 Å². The van der Waals surface area contributed by atoms with Gasteiger partial charge in [-0.25, -0.2) is 9.97 Å². The Balaban J connectivity index is 1.72. The average Bonchev–Trinajstić information content (AvgIpc) is 2.88. The SMILES string of the molecule is C[C@@H](Nc1nc(Cl)nc2ccc(-c3ccc(CC(=O)N(C)C)c(O)c3)cc12)c1cc([N+](=O)[O-])cc(C(F)(F)F)c1. The fourth-order valence-electron chi connectivity index (χ4n) is 4.05. The van der Waals surface area contributed by atoms with Crippen molar-refractivity contribution in [2.45, 2.75) is 25.6 Å². The number of likely N-dealkylation sites (N-methyl/N-ethyl adjacent to an activating group) is 1. The molecule has 208 valence electrons. The molecule has 0 bridgehead atoms. The van der Waals surface area contributed by atoms with E-state index in [-0.39, 0.29) is 34.7 Å². The third-order valence-corrected chi connectivity index (χ3v) is 6.43. The van der Waals surface area contributed by atoms with Gasteiger partial charge in [0.1, 0.15) is 11.6 Å². The van der Waals surface area contributed by atoms with Crippen molar-refractivity contribution in [1.29, 1.82) is 0 Å². The number of fused-ring (bicyclic) bond motifs is 1. The van der Waals surface area contributed by atoms with E-state index in [4.69, 9.17) is 11.6 Å². The van der Waals surface area contributed by atoms with Gasteiger partial charge in [-0.2, -0.15) is 13.2 Å². The van der Waals surface area contributed by atoms with E-state index in [9.17, 15) is 33.2 Å². The topological polar surface area (TPSA) is 121 Å². The minimum absolute atomic E-state index is 0.0216. The number of carbonyl (C=O) groups excluding carboxylic acids is 1. The summed E-state index contributed by atoms with van der Waals surface area (Å²) in [6.45, 7) is 1.54. The number of phenolic OH excluding ortho intramolecular Hbond substituents is 1. The number of rotatable bonds is 7. The number of carbonyl (C=O) groups is 1. The van der Waals surface area contributed by atoms with Gasteiger partial charge >= 0.3 is 6.18 Å². The second-order valence-electron chi connectivity index (χ2n) is 9.32. The molecule has 0 aliphatic heterocycles. The van der Waals surface area contributed by atoms with Gasteiger partial charge in [-0.3, -0.25) is 14.9 Å². The quantitative estimate of drug-likeness (QED) is 0.149. The highest BCUT2D eigenvalue weighted by Gasteiger charge is 2.33. The maximum Gasteiger partial charge on any atom is 0.416 e. The summed E-state index contributed by atoms with van der Waals surface area (Å²) in [7, 11) is 3.25. The molecule has 2 N–H and O–H groups in total. The molecule has 0 saturated carbocycles. The molecule has 9 nitrogen and oxygen atoms in total. The van der Waals surface area contributed by atoms with Crippen LogP contribution < -0.4 is 5.32 Å². The van der Waals surface area contributed by atoms with Crippen molar-refractivity contribution < 1.29 is 28.0 Å². The lowest BCUT2D eigenvalue weighted by Crippen LogP contribution is -2.23. The molecule has 0 spiro atoms. The van der Waals surface area contributed by atoms with Gasteiger partial charge < -0.3 is 15.3 Å². The standard InChI is InChI=1S/C27H23ClF3N5O4/c1-14(18-8-19(27(29,30)31)13-20(9-18)36(39)40)32-25-21-10-15(6-7-22(21)33-26(28)34-25)16-4-5-17(23(37)11-16)12-24(38)35(2)3/h4-11,13-14,37H,12H2,1-3H3,(H,32,33,34)/t14-/m1/s1. The monoisotopic (exact) mass is 573 g/mol. The molecule has 0 aliphatic rings. The van der Waals surface area contributed by atoms with Crippen molar-refractivity contribution in [3.63, 3.8) is 0 Å². The summed E-state index contributed by atoms with van der Waals surface area (Å²) in [6, 6.07) is 11.6. The van der Waals surface area contributed by atoms with E-state index in [0.29, 0.717) is 33.7 Å². The zero-order valence-electron chi connectivity index (χ0n) is 21.5. The predicted molar refractivity (Wildman–Crippen MR) is 144 cm³/mol. The minimum atomic E-state index is -4.78. The highest BCUT2D eigenvalue weighted by Crippen LogP contribution is 2.36. The molecule has 0 saturated heterocycles. The van der Waals surface area contributed by atoms with Crippen molar-refractivity contribution in [1.82, 2.24) is 14.9 Å². The molecule has 1 heterocycles. The second-order valence-corrected chi connectivity index (χ2v) is 9.65. The normalized spacial score (nSPS) is 12.3. The first kappa shape index (κ1) is 28.6. The summed E-state index contributed by atoms with van der Waals surface area (Å²) >= 11 is 6.10. The van der Waals surface area contributed by atoms with Crippen LogP contribution >= 0.6 is 11.6 Å². The number of benzene rings is 3. The number of aromatic hydroxyl groups is 1. The maximum atomic E-state index is 13.4. The number of non-ortho nitro benzene ring substituents is 1. The fourth-order valence-corrected chi connectivity index (χ4v) is 4.22. The van der Waals surface area contributed by atoms with Crippen LogP contribution in [-0.2, 0) is 17.4 Å². The summed E-state index contributed by atoms with van der Waals surface area (Å²) in [5, 5.41) is 25.2. The van der Waals surface area contributed by atoms with Crippen LogP contribution in [0.15, 0.2) is 54.6 Å². The van der Waals surface area contributed by atoms with Gasteiger partial charge in [0.25, 0.3) is 5.69 Å². The Labute approximate surface area is 231 Å². The third kappa shape index (κ3) is 6.23. The largest absolute Gasteiger partial charge is 0.508 e. The molecular weight excluding hydrogens is 551 g/mol. The van der Waals surface area contributed by atoms with Gasteiger partial charge in [-0.1, -0.05) is 18.2 Å². The van der Waals surface area contributed by atoms with Crippen molar-refractivity contribution in [2.24, 2.45) is 0 Å². The molecule has 0 fully saturated rings. The summed E-state index contributed by atoms with van der Waals surface area (Å²) in [6.07, 6.45) is -4.75. The first-order valence-electron chi connectivity index (χ1n) is 11.9. The van der Waals surface area contributed by atoms with Gasteiger partial charge in [0.2, 0.25) is 11.2 Å². The number of nitrogens with zero attached hydrogens (tertiary/aromatic N) is 4. The Bertz CT molecular complexity index is 1630. The Morgan fingerprint density at radius 3 is 2.40 bits per heavy atom. The van der Waals surface area contributed by atoms with Crippen LogP contribution in [0.2, 0.25) is 5.28 Å². The van der Waals surface area contributed by atoms with E-state index in [2.05, 4.69) is 15.3 Å². The number of aromatic nitrogens is 2. The molecule has 4 rings (SSSR count). The lowest BCUT2D eigenvalue weighted by atomic mass is 9.99. The molecular formula is C27H23ClF3N5O4. The lowest BCUT2D eigenvalue weighted by molar-refractivity contribution is -0.385. The van der Waals surface area contributed by atoms with E-state index in [1.54, 1.807) is 44.4 Å². The smallest absolute Gasteiger partial charge is 0.416 e. The van der Waals surface area contributed by atoms with E-state index in [1.165, 1.54) is 17.9 Å². The lowest BCUT2D eigenvalue weighted by Gasteiger charge is -2.18. The number of anilines is 1. The van der Waals surface area contributed by atoms with Gasteiger partial charge in [-0.15, -0.1) is 0 Å². The van der Waals surface area contributed by atoms with Crippen LogP contribution in [-0.4, -0.2) is 44.9 Å². The summed E-state index contributed by atoms with van der Waals surface area (Å²) in [5.74, 6) is -0.0289. The highest BCUT2D eigenvalue weighted by atomic mass is 35.5. The molecule has 1 amide bonds. The molecule has 1 atom stereocenters. The van der Waals surface area contributed by atoms with Crippen LogP contribution in [0.3, 0.4) is 0 Å². The number of nitro groups is 1. The number of nitro benzene ring substituents is 1. The summed E-state index contributed by atoms with van der Waals surface area (Å²) in [4.78, 5) is 32.3. The number of hydrogen-bond donors (Lipinski definition) is 2. The molecule has 4 aromatic rings. The zero-order chi connectivity index (χ0) is 29.4. The van der Waals surface area contributed by atoms with E-state index < -0.39 is 28.4 Å². The Morgan fingerprint density at radius 2 is 1.77 bits per heavy atom. The number of phenols is 1. The first-order chi connectivity index (χ1) is 18.7. The number of hydrogen-bond acceptors (Lipinski definition) is 7. The van der Waals surface area contributed by atoms with Crippen LogP contribution in [0, 0.1) is 10.1 Å². The number of amides is 1. The van der Waals surface area contributed by atoms with E-state index in [1.807, 2.05) is 0 Å². The first-order valence-corrected chi connectivity index (χ1v) is 12.2. The Morgan fingerprint density at radius 1 is 1.10 bits per heavy atom. The molecule has 1 aromatic heterocycles. The minimum Gasteiger partial charge on any atom is -0.508 e. The summed E-state index contributed by atoms with van der Waals surface area (Å²) in [5.41, 5.74) is 0.368. The van der Waals surface area contributed by atoms with Crippen LogP contribution in [0.1, 0.15) is 29.7 Å². The van der Waals surface area contributed by atoms with Crippen molar-refractivity contribution >= 4 is 39.9 Å². The van der Waals surface area contributed by atoms with E-state index >= 15 is 0 Å². The Hall–Kier alpha value is -4.45. The molecule has 13 heteroatoms. The number of alkyl halides is 3. The van der Waals surface area contributed by atoms with Crippen molar-refractivity contribution in [3.05, 3.63) is 86.7 Å². The number of halogens is 4. The van der Waals surface area contributed by atoms with Crippen LogP contribution in [0.4, 0.5) is 24.7 Å². The van der Waals surface area contributed by atoms with Crippen LogP contribution in [0.25, 0.3) is 22.0 Å². The Kier molecular flexibility index (Phi) is 7.83. The predicted octanol–water partition coefficient (Wildman–Crippen LogP) is 6.39. The van der Waals surface area contributed by atoms with Gasteiger partial charge in [0.05, 0.1) is 28.5 Å². The second kappa shape index (κ2) is 11.0. The van der Waals surface area contributed by atoms with E-state index in [0.717, 1.165) is 12.1 Å². The summed E-state index contributed by atoms with van der Waals surface area (Å²) < 4.78 is 40.2. The zero-order valence-corrected chi connectivity index (χ0v) is 22.2.